The SMILES string of the molecule is CCCN1CCC(C#N)(NC(=O)C(CC2CCCCC2)NC(=O)N2CCOCC2)CC1C. The second-order valence-electron chi connectivity index (χ2n) is 9.86. The third kappa shape index (κ3) is 6.58. The summed E-state index contributed by atoms with van der Waals surface area (Å²) >= 11 is 0. The molecule has 1 aliphatic carbocycles. The number of ether oxygens (including phenoxy) is 1. The van der Waals surface area contributed by atoms with E-state index in [-0.39, 0.29) is 18.0 Å². The Balaban J connectivity index is 1.67. The molecular formula is C24H41N5O3. The van der Waals surface area contributed by atoms with Crippen LogP contribution in [-0.2, 0) is 9.53 Å². The van der Waals surface area contributed by atoms with Crippen molar-refractivity contribution in [2.24, 2.45) is 5.92 Å². The summed E-state index contributed by atoms with van der Waals surface area (Å²) in [5.74, 6) is 0.225. The molecule has 0 radical (unpaired) electrons. The maximum absolute atomic E-state index is 13.4. The van der Waals surface area contributed by atoms with Gasteiger partial charge in [-0.1, -0.05) is 39.0 Å². The summed E-state index contributed by atoms with van der Waals surface area (Å²) in [5.41, 5.74) is -0.866. The number of nitrogens with zero attached hydrogens (tertiary/aromatic N) is 3. The Labute approximate surface area is 193 Å². The van der Waals surface area contributed by atoms with Crippen molar-refractivity contribution in [3.8, 4) is 6.07 Å². The first kappa shape index (κ1) is 24.8. The van der Waals surface area contributed by atoms with Crippen LogP contribution in [0, 0.1) is 17.2 Å². The summed E-state index contributed by atoms with van der Waals surface area (Å²) in [6.45, 7) is 8.23. The molecule has 2 saturated heterocycles. The molecule has 3 fully saturated rings. The number of nitrogens with one attached hydrogen (secondary N) is 2. The zero-order valence-electron chi connectivity index (χ0n) is 19.9. The summed E-state index contributed by atoms with van der Waals surface area (Å²) < 4.78 is 5.35. The number of morpholine rings is 1. The van der Waals surface area contributed by atoms with E-state index in [1.54, 1.807) is 4.90 Å². The van der Waals surface area contributed by atoms with E-state index in [9.17, 15) is 14.9 Å². The number of carbonyl (C=O) groups is 2. The summed E-state index contributed by atoms with van der Waals surface area (Å²) in [5, 5.41) is 16.1. The van der Waals surface area contributed by atoms with E-state index in [0.29, 0.717) is 51.5 Å². The summed E-state index contributed by atoms with van der Waals surface area (Å²) in [6.07, 6.45) is 8.77. The molecule has 0 aromatic rings. The molecule has 2 N–H and O–H groups in total. The van der Waals surface area contributed by atoms with Gasteiger partial charge in [0.05, 0.1) is 19.3 Å². The Bertz CT molecular complexity index is 669. The van der Waals surface area contributed by atoms with E-state index >= 15 is 0 Å². The molecule has 2 aliphatic heterocycles. The predicted octanol–water partition coefficient (Wildman–Crippen LogP) is 2.64. The lowest BCUT2D eigenvalue weighted by Crippen LogP contribution is -2.61. The first-order valence-electron chi connectivity index (χ1n) is 12.6. The molecule has 0 aromatic heterocycles. The molecule has 8 nitrogen and oxygen atoms in total. The fourth-order valence-corrected chi connectivity index (χ4v) is 5.47. The highest BCUT2D eigenvalue weighted by Gasteiger charge is 2.41. The van der Waals surface area contributed by atoms with Gasteiger partial charge in [0, 0.05) is 25.7 Å². The fraction of sp³-hybridized carbons (Fsp3) is 0.875. The molecule has 3 aliphatic rings. The number of carbonyl (C=O) groups excluding carboxylic acids is 2. The number of hydrogen-bond donors (Lipinski definition) is 2. The Hall–Kier alpha value is -1.85. The van der Waals surface area contributed by atoms with Crippen molar-refractivity contribution in [1.29, 1.82) is 5.26 Å². The smallest absolute Gasteiger partial charge is 0.318 e. The van der Waals surface area contributed by atoms with Crippen molar-refractivity contribution in [2.45, 2.75) is 89.3 Å². The van der Waals surface area contributed by atoms with E-state index in [1.165, 1.54) is 19.3 Å². The van der Waals surface area contributed by atoms with Crippen LogP contribution in [0.25, 0.3) is 0 Å². The molecule has 0 spiro atoms. The molecular weight excluding hydrogens is 406 g/mol. The van der Waals surface area contributed by atoms with E-state index in [1.807, 2.05) is 0 Å². The third-order valence-corrected chi connectivity index (χ3v) is 7.39. The zero-order valence-corrected chi connectivity index (χ0v) is 19.9. The number of likely N-dealkylation sites (tertiary alicyclic amines) is 1. The quantitative estimate of drug-likeness (QED) is 0.625. The van der Waals surface area contributed by atoms with Gasteiger partial charge >= 0.3 is 6.03 Å². The standard InChI is InChI=1S/C24H41N5O3/c1-3-10-28-11-9-24(18-25,17-19(28)2)27-22(30)21(16-20-7-5-4-6-8-20)26-23(31)29-12-14-32-15-13-29/h19-21H,3-17H2,1-2H3,(H,26,31)(H,27,30). The van der Waals surface area contributed by atoms with Gasteiger partial charge in [-0.15, -0.1) is 0 Å². The minimum absolute atomic E-state index is 0.207. The van der Waals surface area contributed by atoms with Crippen molar-refractivity contribution in [3.05, 3.63) is 0 Å². The molecule has 8 heteroatoms. The summed E-state index contributed by atoms with van der Waals surface area (Å²) in [7, 11) is 0. The number of amides is 3. The first-order chi connectivity index (χ1) is 15.5. The monoisotopic (exact) mass is 447 g/mol. The third-order valence-electron chi connectivity index (χ3n) is 7.39. The van der Waals surface area contributed by atoms with Gasteiger partial charge in [0.1, 0.15) is 11.6 Å². The van der Waals surface area contributed by atoms with Gasteiger partial charge < -0.3 is 25.2 Å². The Morgan fingerprint density at radius 1 is 1.19 bits per heavy atom. The van der Waals surface area contributed by atoms with Crippen molar-refractivity contribution in [2.75, 3.05) is 39.4 Å². The normalized spacial score (nSPS) is 28.5. The van der Waals surface area contributed by atoms with Gasteiger partial charge in [-0.3, -0.25) is 4.79 Å². The Morgan fingerprint density at radius 2 is 1.91 bits per heavy atom. The van der Waals surface area contributed by atoms with Crippen LogP contribution in [0.15, 0.2) is 0 Å². The minimum atomic E-state index is -0.866. The van der Waals surface area contributed by atoms with E-state index in [2.05, 4.69) is 35.5 Å². The lowest BCUT2D eigenvalue weighted by atomic mass is 9.82. The summed E-state index contributed by atoms with van der Waals surface area (Å²) in [4.78, 5) is 30.4. The highest BCUT2D eigenvalue weighted by Crippen LogP contribution is 2.29. The van der Waals surface area contributed by atoms with Crippen molar-refractivity contribution < 1.29 is 14.3 Å². The molecule has 3 atom stereocenters. The molecule has 3 rings (SSSR count). The van der Waals surface area contributed by atoms with Crippen LogP contribution in [-0.4, -0.2) is 78.8 Å². The number of nitriles is 1. The second kappa shape index (κ2) is 11.9. The molecule has 180 valence electrons. The molecule has 0 bridgehead atoms. The lowest BCUT2D eigenvalue weighted by Gasteiger charge is -2.43. The van der Waals surface area contributed by atoms with E-state index in [4.69, 9.17) is 4.74 Å². The van der Waals surface area contributed by atoms with Crippen LogP contribution in [0.2, 0.25) is 0 Å². The molecule has 2 heterocycles. The number of rotatable bonds is 7. The van der Waals surface area contributed by atoms with Crippen LogP contribution in [0.4, 0.5) is 4.79 Å². The van der Waals surface area contributed by atoms with Crippen LogP contribution < -0.4 is 10.6 Å². The number of piperidine rings is 1. The predicted molar refractivity (Wildman–Crippen MR) is 123 cm³/mol. The molecule has 1 saturated carbocycles. The van der Waals surface area contributed by atoms with Crippen molar-refractivity contribution in [3.63, 3.8) is 0 Å². The lowest BCUT2D eigenvalue weighted by molar-refractivity contribution is -0.125. The highest BCUT2D eigenvalue weighted by atomic mass is 16.5. The van der Waals surface area contributed by atoms with E-state index in [0.717, 1.165) is 32.4 Å². The summed E-state index contributed by atoms with van der Waals surface area (Å²) in [6, 6.07) is 1.84. The van der Waals surface area contributed by atoms with Crippen molar-refractivity contribution in [1.82, 2.24) is 20.4 Å². The Kier molecular flexibility index (Phi) is 9.18. The van der Waals surface area contributed by atoms with Gasteiger partial charge in [0.15, 0.2) is 0 Å². The topological polar surface area (TPSA) is 97.7 Å². The van der Waals surface area contributed by atoms with Crippen molar-refractivity contribution >= 4 is 11.9 Å². The van der Waals surface area contributed by atoms with Gasteiger partial charge in [-0.2, -0.15) is 5.26 Å². The largest absolute Gasteiger partial charge is 0.378 e. The highest BCUT2D eigenvalue weighted by molar-refractivity contribution is 5.87. The minimum Gasteiger partial charge on any atom is -0.378 e. The Morgan fingerprint density at radius 3 is 2.53 bits per heavy atom. The van der Waals surface area contributed by atoms with Gasteiger partial charge in [0.25, 0.3) is 0 Å². The maximum atomic E-state index is 13.4. The molecule has 32 heavy (non-hydrogen) atoms. The fourth-order valence-electron chi connectivity index (χ4n) is 5.47. The molecule has 3 unspecified atom stereocenters. The second-order valence-corrected chi connectivity index (χ2v) is 9.86. The van der Waals surface area contributed by atoms with Gasteiger partial charge in [-0.25, -0.2) is 4.79 Å². The van der Waals surface area contributed by atoms with Gasteiger partial charge in [-0.05, 0) is 45.1 Å². The zero-order chi connectivity index (χ0) is 23.0. The van der Waals surface area contributed by atoms with Crippen LogP contribution in [0.3, 0.4) is 0 Å². The first-order valence-corrected chi connectivity index (χ1v) is 12.6. The van der Waals surface area contributed by atoms with E-state index < -0.39 is 11.6 Å². The number of hydrogen-bond acceptors (Lipinski definition) is 5. The van der Waals surface area contributed by atoms with Crippen LogP contribution in [0.1, 0.15) is 71.6 Å². The molecule has 3 amide bonds. The maximum Gasteiger partial charge on any atom is 0.318 e. The molecule has 0 aromatic carbocycles. The average molecular weight is 448 g/mol. The van der Waals surface area contributed by atoms with Crippen LogP contribution in [0.5, 0.6) is 0 Å². The number of urea groups is 1. The van der Waals surface area contributed by atoms with Gasteiger partial charge in [0.2, 0.25) is 5.91 Å². The average Bonchev–Trinajstić information content (AvgIpc) is 2.81. The van der Waals surface area contributed by atoms with Crippen LogP contribution >= 0.6 is 0 Å².